The van der Waals surface area contributed by atoms with Crippen LogP contribution >= 0.6 is 11.8 Å². The zero-order valence-electron chi connectivity index (χ0n) is 11.4. The van der Waals surface area contributed by atoms with Gasteiger partial charge in [-0.15, -0.1) is 10.2 Å². The molecule has 1 aromatic rings. The number of ether oxygens (including phenoxy) is 1. The molecule has 1 aliphatic rings. The van der Waals surface area contributed by atoms with Crippen molar-refractivity contribution in [1.29, 1.82) is 0 Å². The molecule has 1 aliphatic heterocycles. The highest BCUT2D eigenvalue weighted by atomic mass is 32.2. The molecule has 0 bridgehead atoms. The topological polar surface area (TPSA) is 69.0 Å². The van der Waals surface area contributed by atoms with Gasteiger partial charge in [-0.05, 0) is 18.6 Å². The van der Waals surface area contributed by atoms with E-state index in [-0.39, 0.29) is 12.0 Å². The lowest BCUT2D eigenvalue weighted by Crippen LogP contribution is -2.35. The van der Waals surface area contributed by atoms with E-state index in [9.17, 15) is 4.79 Å². The Labute approximate surface area is 117 Å². The molecule has 2 rings (SSSR count). The molecule has 7 heteroatoms. The van der Waals surface area contributed by atoms with Crippen LogP contribution in [-0.2, 0) is 23.0 Å². The third kappa shape index (κ3) is 3.70. The molecule has 1 aromatic heterocycles. The van der Waals surface area contributed by atoms with Crippen LogP contribution in [0.1, 0.15) is 25.6 Å². The van der Waals surface area contributed by atoms with Gasteiger partial charge in [0.2, 0.25) is 5.91 Å². The number of carbonyl (C=O) groups is 1. The first kappa shape index (κ1) is 14.3. The van der Waals surface area contributed by atoms with Gasteiger partial charge in [-0.25, -0.2) is 0 Å². The summed E-state index contributed by atoms with van der Waals surface area (Å²) in [4.78, 5) is 11.7. The van der Waals surface area contributed by atoms with Crippen LogP contribution < -0.4 is 5.32 Å². The van der Waals surface area contributed by atoms with E-state index in [2.05, 4.69) is 22.4 Å². The lowest BCUT2D eigenvalue weighted by atomic mass is 10.2. The highest BCUT2D eigenvalue weighted by molar-refractivity contribution is 7.99. The van der Waals surface area contributed by atoms with Gasteiger partial charge >= 0.3 is 0 Å². The Bertz CT molecular complexity index is 429. The van der Waals surface area contributed by atoms with Crippen LogP contribution in [-0.4, -0.2) is 45.7 Å². The number of rotatable bonds is 6. The van der Waals surface area contributed by atoms with Crippen LogP contribution in [0.3, 0.4) is 0 Å². The number of amides is 1. The molecule has 0 saturated carbocycles. The molecule has 1 saturated heterocycles. The summed E-state index contributed by atoms with van der Waals surface area (Å²) in [6, 6.07) is 0. The fourth-order valence-electron chi connectivity index (χ4n) is 2.01. The summed E-state index contributed by atoms with van der Waals surface area (Å²) in [5.74, 6) is 1.85. The van der Waals surface area contributed by atoms with Crippen molar-refractivity contribution < 1.29 is 9.53 Å². The summed E-state index contributed by atoms with van der Waals surface area (Å²) in [5, 5.41) is 12.1. The SMILES string of the molecule is CCSc1nnc(CCNC(=O)C2CCCO2)n1C. The van der Waals surface area contributed by atoms with Gasteiger partial charge in [-0.2, -0.15) is 0 Å². The van der Waals surface area contributed by atoms with Gasteiger partial charge in [0.25, 0.3) is 0 Å². The van der Waals surface area contributed by atoms with Crippen molar-refractivity contribution in [3.8, 4) is 0 Å². The number of nitrogens with one attached hydrogen (secondary N) is 1. The van der Waals surface area contributed by atoms with Gasteiger partial charge < -0.3 is 14.6 Å². The van der Waals surface area contributed by atoms with Crippen molar-refractivity contribution in [3.63, 3.8) is 0 Å². The quantitative estimate of drug-likeness (QED) is 0.781. The normalized spacial score (nSPS) is 18.7. The minimum absolute atomic E-state index is 0.0113. The molecule has 1 N–H and O–H groups in total. The molecule has 1 fully saturated rings. The van der Waals surface area contributed by atoms with E-state index in [0.717, 1.165) is 29.6 Å². The number of hydrogen-bond donors (Lipinski definition) is 1. The summed E-state index contributed by atoms with van der Waals surface area (Å²) < 4.78 is 7.31. The van der Waals surface area contributed by atoms with Crippen molar-refractivity contribution in [1.82, 2.24) is 20.1 Å². The minimum atomic E-state index is -0.259. The maximum absolute atomic E-state index is 11.7. The van der Waals surface area contributed by atoms with Crippen molar-refractivity contribution in [3.05, 3.63) is 5.82 Å². The Hall–Kier alpha value is -1.08. The summed E-state index contributed by atoms with van der Waals surface area (Å²) in [7, 11) is 1.95. The maximum atomic E-state index is 11.7. The van der Waals surface area contributed by atoms with Crippen LogP contribution in [0.4, 0.5) is 0 Å². The Morgan fingerprint density at radius 1 is 1.58 bits per heavy atom. The van der Waals surface area contributed by atoms with Crippen molar-refractivity contribution in [2.75, 3.05) is 18.9 Å². The summed E-state index contributed by atoms with van der Waals surface area (Å²) in [6.07, 6.45) is 2.23. The standard InChI is InChI=1S/C12H20N4O2S/c1-3-19-12-15-14-10(16(12)2)6-7-13-11(17)9-5-4-8-18-9/h9H,3-8H2,1-2H3,(H,13,17). The number of aromatic nitrogens is 3. The van der Waals surface area contributed by atoms with Crippen LogP contribution in [0.5, 0.6) is 0 Å². The second-order valence-electron chi connectivity index (χ2n) is 4.43. The number of nitrogens with zero attached hydrogens (tertiary/aromatic N) is 3. The molecule has 19 heavy (non-hydrogen) atoms. The molecule has 1 amide bonds. The zero-order chi connectivity index (χ0) is 13.7. The summed E-state index contributed by atoms with van der Waals surface area (Å²) >= 11 is 1.66. The van der Waals surface area contributed by atoms with Gasteiger partial charge in [-0.3, -0.25) is 4.79 Å². The second kappa shape index (κ2) is 6.91. The first-order valence-corrected chi connectivity index (χ1v) is 7.61. The largest absolute Gasteiger partial charge is 0.368 e. The number of carbonyl (C=O) groups excluding carboxylic acids is 1. The molecule has 1 unspecified atom stereocenters. The molecular weight excluding hydrogens is 264 g/mol. The Morgan fingerprint density at radius 3 is 3.11 bits per heavy atom. The Balaban J connectivity index is 1.77. The Morgan fingerprint density at radius 2 is 2.42 bits per heavy atom. The predicted octanol–water partition coefficient (Wildman–Crippen LogP) is 0.765. The van der Waals surface area contributed by atoms with E-state index in [1.165, 1.54) is 0 Å². The van der Waals surface area contributed by atoms with Crippen molar-refractivity contribution in [2.45, 2.75) is 37.4 Å². The van der Waals surface area contributed by atoms with Crippen LogP contribution in [0.2, 0.25) is 0 Å². The smallest absolute Gasteiger partial charge is 0.249 e. The zero-order valence-corrected chi connectivity index (χ0v) is 12.2. The molecule has 0 radical (unpaired) electrons. The lowest BCUT2D eigenvalue weighted by Gasteiger charge is -2.10. The molecule has 0 aliphatic carbocycles. The van der Waals surface area contributed by atoms with Crippen molar-refractivity contribution >= 4 is 17.7 Å². The van der Waals surface area contributed by atoms with Crippen molar-refractivity contribution in [2.24, 2.45) is 7.05 Å². The minimum Gasteiger partial charge on any atom is -0.368 e. The average Bonchev–Trinajstić information content (AvgIpc) is 3.03. The summed E-state index contributed by atoms with van der Waals surface area (Å²) in [5.41, 5.74) is 0. The number of hydrogen-bond acceptors (Lipinski definition) is 5. The highest BCUT2D eigenvalue weighted by Crippen LogP contribution is 2.15. The van der Waals surface area contributed by atoms with E-state index < -0.39 is 0 Å². The van der Waals surface area contributed by atoms with E-state index in [4.69, 9.17) is 4.74 Å². The third-order valence-corrected chi connectivity index (χ3v) is 3.97. The van der Waals surface area contributed by atoms with Gasteiger partial charge in [-0.1, -0.05) is 18.7 Å². The second-order valence-corrected chi connectivity index (χ2v) is 5.66. The first-order valence-electron chi connectivity index (χ1n) is 6.62. The van der Waals surface area contributed by atoms with Crippen LogP contribution in [0.15, 0.2) is 5.16 Å². The fraction of sp³-hybridized carbons (Fsp3) is 0.750. The van der Waals surface area contributed by atoms with Gasteiger partial charge in [0.15, 0.2) is 5.16 Å². The molecule has 106 valence electrons. The molecule has 1 atom stereocenters. The van der Waals surface area contributed by atoms with E-state index in [0.29, 0.717) is 19.6 Å². The highest BCUT2D eigenvalue weighted by Gasteiger charge is 2.23. The number of thioether (sulfide) groups is 1. The van der Waals surface area contributed by atoms with Gasteiger partial charge in [0.05, 0.1) is 0 Å². The van der Waals surface area contributed by atoms with E-state index in [1.54, 1.807) is 11.8 Å². The first-order chi connectivity index (χ1) is 9.22. The summed E-state index contributed by atoms with van der Waals surface area (Å²) in [6.45, 7) is 3.35. The fourth-order valence-corrected chi connectivity index (χ4v) is 2.67. The molecule has 0 aromatic carbocycles. The predicted molar refractivity (Wildman–Crippen MR) is 73.1 cm³/mol. The van der Waals surface area contributed by atoms with Gasteiger partial charge in [0, 0.05) is 26.6 Å². The molecular formula is C12H20N4O2S. The van der Waals surface area contributed by atoms with Gasteiger partial charge in [0.1, 0.15) is 11.9 Å². The third-order valence-electron chi connectivity index (χ3n) is 3.07. The molecule has 2 heterocycles. The van der Waals surface area contributed by atoms with Crippen LogP contribution in [0.25, 0.3) is 0 Å². The lowest BCUT2D eigenvalue weighted by molar-refractivity contribution is -0.130. The molecule has 0 spiro atoms. The Kier molecular flexibility index (Phi) is 5.21. The average molecular weight is 284 g/mol. The monoisotopic (exact) mass is 284 g/mol. The maximum Gasteiger partial charge on any atom is 0.249 e. The van der Waals surface area contributed by atoms with E-state index in [1.807, 2.05) is 11.6 Å². The van der Waals surface area contributed by atoms with Crippen LogP contribution in [0, 0.1) is 0 Å². The molecule has 6 nitrogen and oxygen atoms in total. The van der Waals surface area contributed by atoms with E-state index >= 15 is 0 Å².